The number of aliphatic hydroxyl groups excluding tert-OH is 1. The van der Waals surface area contributed by atoms with Crippen LogP contribution in [-0.2, 0) is 6.54 Å². The number of imidazole rings is 1. The summed E-state index contributed by atoms with van der Waals surface area (Å²) in [4.78, 5) is 4.48. The van der Waals surface area contributed by atoms with Gasteiger partial charge in [-0.1, -0.05) is 26.0 Å². The molecule has 0 amide bonds. The van der Waals surface area contributed by atoms with E-state index in [1.165, 1.54) is 0 Å². The first kappa shape index (κ1) is 11.1. The molecule has 1 heterocycles. The monoisotopic (exact) mass is 218 g/mol. The third kappa shape index (κ3) is 1.95. The predicted octanol–water partition coefficient (Wildman–Crippen LogP) is 2.75. The molecule has 2 rings (SSSR count). The van der Waals surface area contributed by atoms with Crippen molar-refractivity contribution in [2.24, 2.45) is 5.92 Å². The standard InChI is InChI=1S/C13H18N2O/c1-9(2)8-15-12-7-5-4-6-11(12)14-13(15)10(3)16/h4-7,9-10,16H,8H2,1-3H3. The second kappa shape index (κ2) is 4.26. The normalized spacial score (nSPS) is 13.6. The van der Waals surface area contributed by atoms with Crippen molar-refractivity contribution in [1.29, 1.82) is 0 Å². The zero-order valence-electron chi connectivity index (χ0n) is 10.0. The lowest BCUT2D eigenvalue weighted by molar-refractivity contribution is 0.183. The van der Waals surface area contributed by atoms with Crippen molar-refractivity contribution in [3.8, 4) is 0 Å². The topological polar surface area (TPSA) is 38.0 Å². The zero-order valence-corrected chi connectivity index (χ0v) is 10.0. The van der Waals surface area contributed by atoms with Crippen LogP contribution in [0.4, 0.5) is 0 Å². The van der Waals surface area contributed by atoms with E-state index in [1.54, 1.807) is 6.92 Å². The Morgan fingerprint density at radius 3 is 2.56 bits per heavy atom. The molecule has 16 heavy (non-hydrogen) atoms. The fourth-order valence-corrected chi connectivity index (χ4v) is 1.97. The lowest BCUT2D eigenvalue weighted by atomic mass is 10.2. The number of hydrogen-bond acceptors (Lipinski definition) is 2. The first-order valence-electron chi connectivity index (χ1n) is 5.73. The van der Waals surface area contributed by atoms with E-state index >= 15 is 0 Å². The summed E-state index contributed by atoms with van der Waals surface area (Å²) in [5, 5.41) is 9.74. The van der Waals surface area contributed by atoms with Crippen LogP contribution < -0.4 is 0 Å². The molecule has 0 bridgehead atoms. The largest absolute Gasteiger partial charge is 0.385 e. The molecule has 1 atom stereocenters. The van der Waals surface area contributed by atoms with E-state index < -0.39 is 6.10 Å². The van der Waals surface area contributed by atoms with Gasteiger partial charge in [0.2, 0.25) is 0 Å². The Labute approximate surface area is 95.7 Å². The van der Waals surface area contributed by atoms with E-state index in [1.807, 2.05) is 18.2 Å². The number of para-hydroxylation sites is 2. The molecule has 1 unspecified atom stereocenters. The number of benzene rings is 1. The molecule has 1 aromatic heterocycles. The highest BCUT2D eigenvalue weighted by molar-refractivity contribution is 5.75. The van der Waals surface area contributed by atoms with Crippen LogP contribution in [0.2, 0.25) is 0 Å². The fourth-order valence-electron chi connectivity index (χ4n) is 1.97. The van der Waals surface area contributed by atoms with Crippen molar-refractivity contribution in [2.45, 2.75) is 33.4 Å². The van der Waals surface area contributed by atoms with E-state index in [9.17, 15) is 5.11 Å². The first-order chi connectivity index (χ1) is 7.59. The number of nitrogens with zero attached hydrogens (tertiary/aromatic N) is 2. The quantitative estimate of drug-likeness (QED) is 0.860. The summed E-state index contributed by atoms with van der Waals surface area (Å²) < 4.78 is 2.12. The van der Waals surface area contributed by atoms with E-state index in [0.29, 0.717) is 5.92 Å². The average Bonchev–Trinajstić information content (AvgIpc) is 2.57. The Morgan fingerprint density at radius 1 is 1.25 bits per heavy atom. The number of aromatic nitrogens is 2. The van der Waals surface area contributed by atoms with Crippen molar-refractivity contribution >= 4 is 11.0 Å². The molecular weight excluding hydrogens is 200 g/mol. The SMILES string of the molecule is CC(C)Cn1c(C(C)O)nc2ccccc21. The van der Waals surface area contributed by atoms with Crippen molar-refractivity contribution in [1.82, 2.24) is 9.55 Å². The Hall–Kier alpha value is -1.35. The zero-order chi connectivity index (χ0) is 11.7. The molecule has 0 aliphatic carbocycles. The van der Waals surface area contributed by atoms with Gasteiger partial charge in [-0.3, -0.25) is 0 Å². The van der Waals surface area contributed by atoms with Crippen LogP contribution in [0.25, 0.3) is 11.0 Å². The van der Waals surface area contributed by atoms with Crippen LogP contribution >= 0.6 is 0 Å². The van der Waals surface area contributed by atoms with Gasteiger partial charge in [-0.2, -0.15) is 0 Å². The molecule has 0 saturated heterocycles. The van der Waals surface area contributed by atoms with Crippen LogP contribution in [-0.4, -0.2) is 14.7 Å². The van der Waals surface area contributed by atoms with Crippen LogP contribution in [0, 0.1) is 5.92 Å². The molecule has 0 aliphatic rings. The number of fused-ring (bicyclic) bond motifs is 1. The van der Waals surface area contributed by atoms with Crippen molar-refractivity contribution < 1.29 is 5.11 Å². The minimum absolute atomic E-state index is 0.522. The molecule has 3 nitrogen and oxygen atoms in total. The van der Waals surface area contributed by atoms with Crippen LogP contribution in [0.3, 0.4) is 0 Å². The van der Waals surface area contributed by atoms with Gasteiger partial charge in [-0.15, -0.1) is 0 Å². The summed E-state index contributed by atoms with van der Waals surface area (Å²) in [6.45, 7) is 6.99. The molecule has 0 fully saturated rings. The van der Waals surface area contributed by atoms with Gasteiger partial charge >= 0.3 is 0 Å². The maximum absolute atomic E-state index is 9.74. The number of rotatable bonds is 3. The highest BCUT2D eigenvalue weighted by Gasteiger charge is 2.14. The van der Waals surface area contributed by atoms with Crippen molar-refractivity contribution in [2.75, 3.05) is 0 Å². The highest BCUT2D eigenvalue weighted by Crippen LogP contribution is 2.21. The molecule has 0 radical (unpaired) electrons. The lowest BCUT2D eigenvalue weighted by Crippen LogP contribution is -2.10. The van der Waals surface area contributed by atoms with Gasteiger partial charge < -0.3 is 9.67 Å². The molecule has 3 heteroatoms. The van der Waals surface area contributed by atoms with Gasteiger partial charge in [-0.05, 0) is 25.0 Å². The fraction of sp³-hybridized carbons (Fsp3) is 0.462. The molecular formula is C13H18N2O. The first-order valence-corrected chi connectivity index (χ1v) is 5.73. The minimum Gasteiger partial charge on any atom is -0.385 e. The van der Waals surface area contributed by atoms with Gasteiger partial charge in [0, 0.05) is 6.54 Å². The second-order valence-electron chi connectivity index (χ2n) is 4.64. The van der Waals surface area contributed by atoms with E-state index in [2.05, 4.69) is 29.5 Å². The number of hydrogen-bond donors (Lipinski definition) is 1. The van der Waals surface area contributed by atoms with Gasteiger partial charge in [0.1, 0.15) is 11.9 Å². The van der Waals surface area contributed by atoms with Crippen LogP contribution in [0.1, 0.15) is 32.7 Å². The van der Waals surface area contributed by atoms with E-state index in [-0.39, 0.29) is 0 Å². The van der Waals surface area contributed by atoms with Crippen LogP contribution in [0.5, 0.6) is 0 Å². The summed E-state index contributed by atoms with van der Waals surface area (Å²) in [5.41, 5.74) is 2.06. The lowest BCUT2D eigenvalue weighted by Gasteiger charge is -2.12. The molecule has 0 aliphatic heterocycles. The summed E-state index contributed by atoms with van der Waals surface area (Å²) in [6.07, 6.45) is -0.522. The molecule has 0 spiro atoms. The third-order valence-corrected chi connectivity index (χ3v) is 2.61. The van der Waals surface area contributed by atoms with E-state index in [4.69, 9.17) is 0 Å². The second-order valence-corrected chi connectivity index (χ2v) is 4.64. The van der Waals surface area contributed by atoms with E-state index in [0.717, 1.165) is 23.4 Å². The minimum atomic E-state index is -0.522. The Bertz CT molecular complexity index is 486. The number of aliphatic hydroxyl groups is 1. The molecule has 1 aromatic carbocycles. The summed E-state index contributed by atoms with van der Waals surface area (Å²) in [7, 11) is 0. The van der Waals surface area contributed by atoms with Gasteiger partial charge in [-0.25, -0.2) is 4.98 Å². The summed E-state index contributed by atoms with van der Waals surface area (Å²) in [5.74, 6) is 1.30. The molecule has 86 valence electrons. The maximum atomic E-state index is 9.74. The maximum Gasteiger partial charge on any atom is 0.138 e. The third-order valence-electron chi connectivity index (χ3n) is 2.61. The predicted molar refractivity (Wildman–Crippen MR) is 65.2 cm³/mol. The van der Waals surface area contributed by atoms with Crippen LogP contribution in [0.15, 0.2) is 24.3 Å². The Balaban J connectivity index is 2.60. The Morgan fingerprint density at radius 2 is 1.94 bits per heavy atom. The molecule has 1 N–H and O–H groups in total. The van der Waals surface area contributed by atoms with Crippen molar-refractivity contribution in [3.63, 3.8) is 0 Å². The average molecular weight is 218 g/mol. The summed E-state index contributed by atoms with van der Waals surface area (Å²) >= 11 is 0. The Kier molecular flexibility index (Phi) is 2.97. The molecule has 2 aromatic rings. The van der Waals surface area contributed by atoms with Gasteiger partial charge in [0.15, 0.2) is 0 Å². The molecule has 0 saturated carbocycles. The summed E-state index contributed by atoms with van der Waals surface area (Å²) in [6, 6.07) is 8.02. The smallest absolute Gasteiger partial charge is 0.138 e. The van der Waals surface area contributed by atoms with Gasteiger partial charge in [0.05, 0.1) is 11.0 Å². The van der Waals surface area contributed by atoms with Crippen molar-refractivity contribution in [3.05, 3.63) is 30.1 Å². The highest BCUT2D eigenvalue weighted by atomic mass is 16.3. The van der Waals surface area contributed by atoms with Gasteiger partial charge in [0.25, 0.3) is 0 Å².